The number of carbonyl (C=O) groups is 1. The minimum absolute atomic E-state index is 0.400. The van der Waals surface area contributed by atoms with Crippen LogP contribution in [0.2, 0.25) is 0 Å². The van der Waals surface area contributed by atoms with Gasteiger partial charge in [0, 0.05) is 57.5 Å². The van der Waals surface area contributed by atoms with Gasteiger partial charge in [0.25, 0.3) is 0 Å². The molecule has 0 atom stereocenters. The molecule has 8 heteroatoms. The van der Waals surface area contributed by atoms with Crippen LogP contribution in [-0.2, 0) is 6.54 Å². The Labute approximate surface area is 174 Å². The highest BCUT2D eigenvalue weighted by molar-refractivity contribution is 9.10. The molecule has 0 radical (unpaired) electrons. The monoisotopic (exact) mass is 448 g/mol. The van der Waals surface area contributed by atoms with Gasteiger partial charge in [0.2, 0.25) is 0 Å². The van der Waals surface area contributed by atoms with E-state index in [1.807, 2.05) is 30.5 Å². The lowest BCUT2D eigenvalue weighted by atomic mass is 10.1. The summed E-state index contributed by atoms with van der Waals surface area (Å²) in [6.07, 6.45) is 1.39. The maximum Gasteiger partial charge on any atom is 0.414 e. The minimum atomic E-state index is -0.441. The van der Waals surface area contributed by atoms with Crippen LogP contribution in [0, 0.1) is 0 Å². The molecule has 1 fully saturated rings. The molecule has 2 aromatic rings. The Hall–Kier alpha value is -2.32. The van der Waals surface area contributed by atoms with Crippen molar-refractivity contribution in [2.45, 2.75) is 6.54 Å². The molecule has 1 aliphatic heterocycles. The van der Waals surface area contributed by atoms with Gasteiger partial charge in [-0.15, -0.1) is 0 Å². The van der Waals surface area contributed by atoms with Gasteiger partial charge in [-0.25, -0.2) is 9.78 Å². The Morgan fingerprint density at radius 3 is 2.54 bits per heavy atom. The summed E-state index contributed by atoms with van der Waals surface area (Å²) in [7, 11) is 4.86. The van der Waals surface area contributed by atoms with Gasteiger partial charge in [0.1, 0.15) is 5.82 Å². The normalized spacial score (nSPS) is 14.6. The van der Waals surface area contributed by atoms with E-state index in [4.69, 9.17) is 9.47 Å². The lowest BCUT2D eigenvalue weighted by Crippen LogP contribution is -2.46. The SMILES string of the molecule is COc1cc(CN2CCN(c3ccccn3)CC2)c(Br)cc1OC(=O)N(C)C. The topological polar surface area (TPSA) is 58.1 Å². The Bertz CT molecular complexity index is 809. The number of aromatic nitrogens is 1. The lowest BCUT2D eigenvalue weighted by molar-refractivity contribution is 0.170. The van der Waals surface area contributed by atoms with Gasteiger partial charge in [0.15, 0.2) is 11.5 Å². The highest BCUT2D eigenvalue weighted by Gasteiger charge is 2.20. The van der Waals surface area contributed by atoms with Crippen molar-refractivity contribution in [3.05, 3.63) is 46.6 Å². The van der Waals surface area contributed by atoms with E-state index >= 15 is 0 Å². The number of ether oxygens (including phenoxy) is 2. The van der Waals surface area contributed by atoms with Crippen LogP contribution in [0.25, 0.3) is 0 Å². The molecule has 3 rings (SSSR count). The van der Waals surface area contributed by atoms with Crippen LogP contribution < -0.4 is 14.4 Å². The van der Waals surface area contributed by atoms with Crippen LogP contribution in [0.5, 0.6) is 11.5 Å². The third kappa shape index (κ3) is 4.94. The molecule has 1 aliphatic rings. The number of hydrogen-bond acceptors (Lipinski definition) is 6. The average molecular weight is 449 g/mol. The first kappa shape index (κ1) is 20.4. The van der Waals surface area contributed by atoms with Crippen LogP contribution in [0.15, 0.2) is 41.0 Å². The molecule has 1 saturated heterocycles. The zero-order valence-electron chi connectivity index (χ0n) is 16.4. The first-order valence-electron chi connectivity index (χ1n) is 9.12. The van der Waals surface area contributed by atoms with Crippen molar-refractivity contribution >= 4 is 27.8 Å². The quantitative estimate of drug-likeness (QED) is 0.699. The molecule has 1 aromatic heterocycles. The molecule has 0 N–H and O–H groups in total. The number of hydrogen-bond donors (Lipinski definition) is 0. The number of anilines is 1. The first-order chi connectivity index (χ1) is 13.5. The Kier molecular flexibility index (Phi) is 6.74. The molecule has 28 heavy (non-hydrogen) atoms. The molecule has 1 aromatic carbocycles. The molecule has 0 aliphatic carbocycles. The lowest BCUT2D eigenvalue weighted by Gasteiger charge is -2.35. The zero-order chi connectivity index (χ0) is 20.1. The van der Waals surface area contributed by atoms with Crippen LogP contribution >= 0.6 is 15.9 Å². The molecule has 150 valence electrons. The van der Waals surface area contributed by atoms with Crippen LogP contribution in [-0.4, -0.2) is 68.3 Å². The Morgan fingerprint density at radius 1 is 1.18 bits per heavy atom. The molecule has 0 saturated carbocycles. The molecule has 2 heterocycles. The van der Waals surface area contributed by atoms with Crippen molar-refractivity contribution in [1.29, 1.82) is 0 Å². The minimum Gasteiger partial charge on any atom is -0.493 e. The predicted molar refractivity (Wildman–Crippen MR) is 112 cm³/mol. The van der Waals surface area contributed by atoms with Crippen molar-refractivity contribution in [2.75, 3.05) is 52.3 Å². The molecular formula is C20H25BrN4O3. The number of benzene rings is 1. The van der Waals surface area contributed by atoms with Crippen molar-refractivity contribution in [1.82, 2.24) is 14.8 Å². The van der Waals surface area contributed by atoms with Crippen molar-refractivity contribution in [2.24, 2.45) is 0 Å². The third-order valence-corrected chi connectivity index (χ3v) is 5.37. The first-order valence-corrected chi connectivity index (χ1v) is 9.91. The summed E-state index contributed by atoms with van der Waals surface area (Å²) in [5.74, 6) is 1.97. The van der Waals surface area contributed by atoms with E-state index in [2.05, 4.69) is 30.7 Å². The Morgan fingerprint density at radius 2 is 1.93 bits per heavy atom. The summed E-state index contributed by atoms with van der Waals surface area (Å²) in [6, 6.07) is 9.71. The largest absolute Gasteiger partial charge is 0.493 e. The average Bonchev–Trinajstić information content (AvgIpc) is 2.71. The number of pyridine rings is 1. The number of halogens is 1. The highest BCUT2D eigenvalue weighted by Crippen LogP contribution is 2.34. The smallest absolute Gasteiger partial charge is 0.414 e. The number of methoxy groups -OCH3 is 1. The van der Waals surface area contributed by atoms with Crippen LogP contribution in [0.1, 0.15) is 5.56 Å². The van der Waals surface area contributed by atoms with Crippen LogP contribution in [0.4, 0.5) is 10.6 Å². The molecule has 0 spiro atoms. The third-order valence-electron chi connectivity index (χ3n) is 4.63. The fourth-order valence-electron chi connectivity index (χ4n) is 3.04. The molecule has 7 nitrogen and oxygen atoms in total. The standard InChI is InChI=1S/C20H25BrN4O3/c1-23(2)20(26)28-18-13-16(21)15(12-17(18)27-3)14-24-8-10-25(11-9-24)19-6-4-5-7-22-19/h4-7,12-13H,8-11,14H2,1-3H3. The van der Waals surface area contributed by atoms with Crippen molar-refractivity contribution < 1.29 is 14.3 Å². The number of carbonyl (C=O) groups excluding carboxylic acids is 1. The molecular weight excluding hydrogens is 424 g/mol. The number of nitrogens with zero attached hydrogens (tertiary/aromatic N) is 4. The maximum absolute atomic E-state index is 11.9. The maximum atomic E-state index is 11.9. The van der Waals surface area contributed by atoms with E-state index in [1.165, 1.54) is 4.90 Å². The van der Waals surface area contributed by atoms with E-state index < -0.39 is 6.09 Å². The van der Waals surface area contributed by atoms with Gasteiger partial charge in [-0.3, -0.25) is 4.90 Å². The van der Waals surface area contributed by atoms with Crippen molar-refractivity contribution in [3.63, 3.8) is 0 Å². The number of amides is 1. The predicted octanol–water partition coefficient (Wildman–Crippen LogP) is 3.24. The highest BCUT2D eigenvalue weighted by atomic mass is 79.9. The van der Waals surface area contributed by atoms with Gasteiger partial charge < -0.3 is 19.3 Å². The van der Waals surface area contributed by atoms with E-state index in [1.54, 1.807) is 27.3 Å². The van der Waals surface area contributed by atoms with Gasteiger partial charge >= 0.3 is 6.09 Å². The van der Waals surface area contributed by atoms with E-state index in [0.29, 0.717) is 11.5 Å². The summed E-state index contributed by atoms with van der Waals surface area (Å²) in [5, 5.41) is 0. The van der Waals surface area contributed by atoms with Gasteiger partial charge in [-0.2, -0.15) is 0 Å². The molecule has 0 bridgehead atoms. The van der Waals surface area contributed by atoms with E-state index in [-0.39, 0.29) is 0 Å². The zero-order valence-corrected chi connectivity index (χ0v) is 18.0. The van der Waals surface area contributed by atoms with Gasteiger partial charge in [-0.1, -0.05) is 22.0 Å². The molecule has 1 amide bonds. The molecule has 0 unspecified atom stereocenters. The summed E-state index contributed by atoms with van der Waals surface area (Å²) >= 11 is 3.61. The number of rotatable bonds is 5. The van der Waals surface area contributed by atoms with E-state index in [0.717, 1.165) is 48.6 Å². The summed E-state index contributed by atoms with van der Waals surface area (Å²) in [5.41, 5.74) is 1.09. The second-order valence-electron chi connectivity index (χ2n) is 6.81. The summed E-state index contributed by atoms with van der Waals surface area (Å²) < 4.78 is 11.7. The van der Waals surface area contributed by atoms with Gasteiger partial charge in [0.05, 0.1) is 7.11 Å². The van der Waals surface area contributed by atoms with Gasteiger partial charge in [-0.05, 0) is 29.8 Å². The van der Waals surface area contributed by atoms with Crippen molar-refractivity contribution in [3.8, 4) is 11.5 Å². The fraction of sp³-hybridized carbons (Fsp3) is 0.400. The Balaban J connectivity index is 1.65. The summed E-state index contributed by atoms with van der Waals surface area (Å²) in [6.45, 7) is 4.55. The van der Waals surface area contributed by atoms with E-state index in [9.17, 15) is 4.79 Å². The fourth-order valence-corrected chi connectivity index (χ4v) is 3.49. The summed E-state index contributed by atoms with van der Waals surface area (Å²) in [4.78, 5) is 22.4. The second kappa shape index (κ2) is 9.25. The number of piperazine rings is 1. The van der Waals surface area contributed by atoms with Crippen LogP contribution in [0.3, 0.4) is 0 Å². The second-order valence-corrected chi connectivity index (χ2v) is 7.66.